The fourth-order valence-corrected chi connectivity index (χ4v) is 7.08. The van der Waals surface area contributed by atoms with E-state index >= 15 is 0 Å². The van der Waals surface area contributed by atoms with Gasteiger partial charge in [-0.25, -0.2) is 0 Å². The fourth-order valence-electron chi connectivity index (χ4n) is 7.08. The van der Waals surface area contributed by atoms with Crippen molar-refractivity contribution in [2.24, 2.45) is 34.5 Å². The maximum atomic E-state index is 13.4. The molecular formula is C22H28O6. The van der Waals surface area contributed by atoms with Crippen molar-refractivity contribution < 1.29 is 29.4 Å². The molecule has 0 aliphatic heterocycles. The SMILES string of the molecule is CC1C(=O)C=C2CC[C@@H]3[C@H](C(=O)C[C@@]4(C)[C@H]3CC[C@]4(O)C(=O)CO)[C@@]2(C)C1=O. The van der Waals surface area contributed by atoms with Gasteiger partial charge in [0.1, 0.15) is 18.0 Å². The van der Waals surface area contributed by atoms with E-state index in [1.54, 1.807) is 19.9 Å². The summed E-state index contributed by atoms with van der Waals surface area (Å²) in [6, 6.07) is 0. The maximum absolute atomic E-state index is 13.4. The highest BCUT2D eigenvalue weighted by molar-refractivity contribution is 6.15. The minimum Gasteiger partial charge on any atom is -0.388 e. The van der Waals surface area contributed by atoms with E-state index in [9.17, 15) is 29.4 Å². The Labute approximate surface area is 164 Å². The van der Waals surface area contributed by atoms with Gasteiger partial charge in [-0.3, -0.25) is 19.2 Å². The van der Waals surface area contributed by atoms with Crippen LogP contribution in [-0.2, 0) is 19.2 Å². The fraction of sp³-hybridized carbons (Fsp3) is 0.727. The lowest BCUT2D eigenvalue weighted by molar-refractivity contribution is -0.173. The molecule has 28 heavy (non-hydrogen) atoms. The molecule has 0 radical (unpaired) electrons. The molecule has 0 aromatic carbocycles. The lowest BCUT2D eigenvalue weighted by Gasteiger charge is -2.57. The van der Waals surface area contributed by atoms with Crippen LogP contribution < -0.4 is 0 Å². The largest absolute Gasteiger partial charge is 0.388 e. The normalized spacial score (nSPS) is 47.9. The van der Waals surface area contributed by atoms with Crippen LogP contribution in [0.5, 0.6) is 0 Å². The first-order valence-corrected chi connectivity index (χ1v) is 10.2. The number of Topliss-reactive ketones (excluding diaryl/α,β-unsaturated/α-hetero) is 3. The highest BCUT2D eigenvalue weighted by Gasteiger charge is 2.69. The molecule has 0 aromatic heterocycles. The third-order valence-electron chi connectivity index (χ3n) is 8.70. The number of allylic oxidation sites excluding steroid dienone is 1. The predicted molar refractivity (Wildman–Crippen MR) is 99.1 cm³/mol. The Kier molecular flexibility index (Phi) is 4.16. The van der Waals surface area contributed by atoms with E-state index in [2.05, 4.69) is 0 Å². The van der Waals surface area contributed by atoms with Gasteiger partial charge in [-0.1, -0.05) is 12.5 Å². The van der Waals surface area contributed by atoms with Crippen LogP contribution in [0.25, 0.3) is 0 Å². The molecule has 3 saturated carbocycles. The number of aliphatic hydroxyl groups is 2. The van der Waals surface area contributed by atoms with E-state index in [0.717, 1.165) is 5.57 Å². The molecule has 0 heterocycles. The van der Waals surface area contributed by atoms with E-state index in [1.165, 1.54) is 0 Å². The zero-order valence-electron chi connectivity index (χ0n) is 16.7. The molecule has 6 heteroatoms. The average Bonchev–Trinajstić information content (AvgIpc) is 2.92. The second kappa shape index (κ2) is 5.92. The van der Waals surface area contributed by atoms with Gasteiger partial charge in [0.15, 0.2) is 17.3 Å². The minimum atomic E-state index is -1.70. The maximum Gasteiger partial charge on any atom is 0.190 e. The summed E-state index contributed by atoms with van der Waals surface area (Å²) < 4.78 is 0. The molecule has 4 rings (SSSR count). The number of hydrogen-bond acceptors (Lipinski definition) is 6. The monoisotopic (exact) mass is 388 g/mol. The smallest absolute Gasteiger partial charge is 0.190 e. The molecule has 152 valence electrons. The summed E-state index contributed by atoms with van der Waals surface area (Å²) in [5, 5.41) is 20.5. The van der Waals surface area contributed by atoms with E-state index in [0.29, 0.717) is 19.3 Å². The topological polar surface area (TPSA) is 109 Å². The van der Waals surface area contributed by atoms with E-state index in [4.69, 9.17) is 0 Å². The summed E-state index contributed by atoms with van der Waals surface area (Å²) in [4.78, 5) is 51.2. The third-order valence-corrected chi connectivity index (χ3v) is 8.70. The van der Waals surface area contributed by atoms with Gasteiger partial charge in [0.25, 0.3) is 0 Å². The van der Waals surface area contributed by atoms with E-state index in [1.807, 2.05) is 6.92 Å². The van der Waals surface area contributed by atoms with Crippen LogP contribution in [0.15, 0.2) is 11.6 Å². The number of hydrogen-bond donors (Lipinski definition) is 2. The highest BCUT2D eigenvalue weighted by Crippen LogP contribution is 2.66. The molecule has 0 aromatic rings. The lowest BCUT2D eigenvalue weighted by Crippen LogP contribution is -2.62. The number of rotatable bonds is 2. The van der Waals surface area contributed by atoms with Gasteiger partial charge in [-0.2, -0.15) is 0 Å². The number of ketones is 4. The highest BCUT2D eigenvalue weighted by atomic mass is 16.3. The van der Waals surface area contributed by atoms with Crippen LogP contribution in [0.4, 0.5) is 0 Å². The quantitative estimate of drug-likeness (QED) is 0.693. The number of aliphatic hydroxyl groups excluding tert-OH is 1. The predicted octanol–water partition coefficient (Wildman–Crippen LogP) is 1.41. The van der Waals surface area contributed by atoms with Crippen molar-refractivity contribution in [1.29, 1.82) is 0 Å². The van der Waals surface area contributed by atoms with E-state index in [-0.39, 0.29) is 42.0 Å². The molecule has 7 atom stereocenters. The number of carbonyl (C=O) groups is 4. The summed E-state index contributed by atoms with van der Waals surface area (Å²) >= 11 is 0. The summed E-state index contributed by atoms with van der Waals surface area (Å²) in [6.45, 7) is 4.46. The molecule has 6 nitrogen and oxygen atoms in total. The molecule has 0 saturated heterocycles. The van der Waals surface area contributed by atoms with Crippen LogP contribution in [0, 0.1) is 34.5 Å². The van der Waals surface area contributed by atoms with Crippen LogP contribution in [-0.4, -0.2) is 45.6 Å². The summed E-state index contributed by atoms with van der Waals surface area (Å²) in [5.41, 5.74) is -2.85. The third kappa shape index (κ3) is 2.11. The van der Waals surface area contributed by atoms with Gasteiger partial charge in [0, 0.05) is 17.8 Å². The van der Waals surface area contributed by atoms with Gasteiger partial charge in [0.2, 0.25) is 0 Å². The average molecular weight is 388 g/mol. The Morgan fingerprint density at radius 1 is 1.21 bits per heavy atom. The first-order chi connectivity index (χ1) is 13.0. The standard InChI is InChI=1S/C22H28O6/c1-11-15(24)8-12-4-5-13-14-6-7-22(28,17(26)10-23)20(14,2)9-16(25)18(13)21(12,3)19(11)27/h8,11,13-14,18,23,28H,4-7,9-10H2,1-3H3/t11?,13-,14-,18+,20-,21-,22-/m0/s1. The Hall–Kier alpha value is -1.66. The summed E-state index contributed by atoms with van der Waals surface area (Å²) in [7, 11) is 0. The molecule has 0 amide bonds. The first kappa shape index (κ1) is 19.6. The van der Waals surface area contributed by atoms with Crippen molar-refractivity contribution in [2.45, 2.75) is 58.5 Å². The Bertz CT molecular complexity index is 827. The van der Waals surface area contributed by atoms with Crippen molar-refractivity contribution in [2.75, 3.05) is 6.61 Å². The molecule has 0 spiro atoms. The molecule has 0 bridgehead atoms. The van der Waals surface area contributed by atoms with Gasteiger partial charge in [0.05, 0.1) is 11.3 Å². The van der Waals surface area contributed by atoms with Crippen molar-refractivity contribution >= 4 is 23.1 Å². The van der Waals surface area contributed by atoms with Crippen molar-refractivity contribution in [3.05, 3.63) is 11.6 Å². The van der Waals surface area contributed by atoms with Crippen molar-refractivity contribution in [1.82, 2.24) is 0 Å². The first-order valence-electron chi connectivity index (χ1n) is 10.2. The zero-order chi connectivity index (χ0) is 20.6. The van der Waals surface area contributed by atoms with Crippen LogP contribution in [0.3, 0.4) is 0 Å². The molecule has 2 N–H and O–H groups in total. The Balaban J connectivity index is 1.80. The van der Waals surface area contributed by atoms with Crippen molar-refractivity contribution in [3.8, 4) is 0 Å². The minimum absolute atomic E-state index is 0.0134. The van der Waals surface area contributed by atoms with Crippen LogP contribution in [0.2, 0.25) is 0 Å². The Morgan fingerprint density at radius 3 is 2.54 bits per heavy atom. The lowest BCUT2D eigenvalue weighted by atomic mass is 9.45. The van der Waals surface area contributed by atoms with Gasteiger partial charge in [-0.15, -0.1) is 0 Å². The van der Waals surface area contributed by atoms with Crippen molar-refractivity contribution in [3.63, 3.8) is 0 Å². The summed E-state index contributed by atoms with van der Waals surface area (Å²) in [6.07, 6.45) is 3.64. The van der Waals surface area contributed by atoms with Gasteiger partial charge in [-0.05, 0) is 57.4 Å². The van der Waals surface area contributed by atoms with Crippen LogP contribution >= 0.6 is 0 Å². The molecule has 1 unspecified atom stereocenters. The van der Waals surface area contributed by atoms with Gasteiger partial charge >= 0.3 is 0 Å². The second-order valence-corrected chi connectivity index (χ2v) is 9.69. The number of carbonyl (C=O) groups excluding carboxylic acids is 4. The molecule has 3 fully saturated rings. The molecular weight excluding hydrogens is 360 g/mol. The molecule has 4 aliphatic rings. The zero-order valence-corrected chi connectivity index (χ0v) is 16.7. The van der Waals surface area contributed by atoms with Crippen LogP contribution in [0.1, 0.15) is 52.9 Å². The molecule has 4 aliphatic carbocycles. The van der Waals surface area contributed by atoms with E-state index < -0.39 is 40.7 Å². The van der Waals surface area contributed by atoms with Gasteiger partial charge < -0.3 is 10.2 Å². The second-order valence-electron chi connectivity index (χ2n) is 9.69. The number of fused-ring (bicyclic) bond motifs is 5. The Morgan fingerprint density at radius 2 is 1.89 bits per heavy atom. The summed E-state index contributed by atoms with van der Waals surface area (Å²) in [5.74, 6) is -2.55.